The Morgan fingerprint density at radius 3 is 1.95 bits per heavy atom. The molecule has 1 aromatic carbocycles. The molecule has 0 bridgehead atoms. The quantitative estimate of drug-likeness (QED) is 0.519. The van der Waals surface area contributed by atoms with Crippen LogP contribution in [0.25, 0.3) is 0 Å². The minimum atomic E-state index is -1.18. The molecule has 22 heavy (non-hydrogen) atoms. The van der Waals surface area contributed by atoms with Gasteiger partial charge in [-0.1, -0.05) is 63.2 Å². The van der Waals surface area contributed by atoms with Crippen molar-refractivity contribution < 1.29 is 15.7 Å². The molecular weight excluding hydrogens is 274 g/mol. The van der Waals surface area contributed by atoms with Crippen LogP contribution >= 0.6 is 0 Å². The molecule has 0 heterocycles. The van der Waals surface area contributed by atoms with Crippen molar-refractivity contribution in [2.75, 3.05) is 13.2 Å². The molecular formula is C19H33NO2. The Morgan fingerprint density at radius 1 is 0.909 bits per heavy atom. The molecule has 0 amide bonds. The van der Waals surface area contributed by atoms with Crippen molar-refractivity contribution in [2.24, 2.45) is 5.73 Å². The average molecular weight is 312 g/mol. The smallest absolute Gasteiger partial charge is 0.0633 e. The van der Waals surface area contributed by atoms with Gasteiger partial charge in [-0.2, -0.15) is 0 Å². The minimum Gasteiger partial charge on any atom is -0.394 e. The van der Waals surface area contributed by atoms with E-state index in [0.29, 0.717) is 17.5 Å². The molecule has 0 aliphatic carbocycles. The largest absolute Gasteiger partial charge is 0.394 e. The fourth-order valence-electron chi connectivity index (χ4n) is 2.28. The van der Waals surface area contributed by atoms with E-state index < -0.39 is 18.8 Å². The Labute approximate surface area is 141 Å². The third-order valence-corrected chi connectivity index (χ3v) is 4.01. The molecule has 3 heteroatoms. The summed E-state index contributed by atoms with van der Waals surface area (Å²) in [4.78, 5) is 0. The van der Waals surface area contributed by atoms with Gasteiger partial charge in [0.15, 0.2) is 0 Å². The van der Waals surface area contributed by atoms with E-state index in [2.05, 4.69) is 6.92 Å². The molecule has 1 rings (SSSR count). The zero-order valence-electron chi connectivity index (χ0n) is 17.7. The summed E-state index contributed by atoms with van der Waals surface area (Å²) in [6, 6.07) is -0.0363. The average Bonchev–Trinajstić information content (AvgIpc) is 2.65. The van der Waals surface area contributed by atoms with Crippen molar-refractivity contribution >= 4 is 0 Å². The molecule has 1 aromatic rings. The van der Waals surface area contributed by atoms with Gasteiger partial charge < -0.3 is 15.9 Å². The van der Waals surface area contributed by atoms with Crippen molar-refractivity contribution in [3.05, 3.63) is 35.3 Å². The number of rotatable bonds is 12. The van der Waals surface area contributed by atoms with Crippen LogP contribution in [0.5, 0.6) is 0 Å². The molecule has 0 unspecified atom stereocenters. The number of nitrogens with two attached hydrogens (primary N) is 1. The van der Waals surface area contributed by atoms with Gasteiger partial charge in [0.05, 0.1) is 24.2 Å². The number of hydrogen-bond donors (Lipinski definition) is 3. The third-order valence-electron chi connectivity index (χ3n) is 4.01. The Hall–Kier alpha value is -0.900. The van der Waals surface area contributed by atoms with Crippen molar-refractivity contribution in [3.63, 3.8) is 0 Å². The summed E-state index contributed by atoms with van der Waals surface area (Å²) < 4.78 is 32.9. The van der Waals surface area contributed by atoms with Gasteiger partial charge in [-0.3, -0.25) is 0 Å². The van der Waals surface area contributed by atoms with E-state index >= 15 is 0 Å². The fraction of sp³-hybridized carbons (Fsp3) is 0.684. The van der Waals surface area contributed by atoms with Gasteiger partial charge in [-0.05, 0) is 36.8 Å². The molecule has 3 nitrogen and oxygen atoms in total. The molecule has 0 aliphatic heterocycles. The molecule has 0 atom stereocenters. The van der Waals surface area contributed by atoms with Crippen molar-refractivity contribution in [1.82, 2.24) is 0 Å². The molecule has 0 aliphatic rings. The first kappa shape index (κ1) is 13.5. The van der Waals surface area contributed by atoms with Crippen molar-refractivity contribution in [1.29, 1.82) is 0 Å². The second kappa shape index (κ2) is 10.8. The summed E-state index contributed by atoms with van der Waals surface area (Å²) in [5.41, 5.74) is 5.44. The normalized spacial score (nSPS) is 14.4. The maximum Gasteiger partial charge on any atom is 0.0633 e. The van der Waals surface area contributed by atoms with Crippen LogP contribution in [0.15, 0.2) is 24.2 Å². The van der Waals surface area contributed by atoms with Crippen LogP contribution in [0.3, 0.4) is 0 Å². The standard InChI is InChI=1S/C19H33NO2/c1-2-3-4-5-6-7-8-17-9-11-18(12-10-17)13-14-19(20,15-21)16-22/h9-12,21-22H,2-8,13-16,20H2,1H3/i9D,10D,11D,12D. The zero-order valence-corrected chi connectivity index (χ0v) is 13.7. The van der Waals surface area contributed by atoms with E-state index in [0.717, 1.165) is 19.3 Å². The first-order chi connectivity index (χ1) is 12.3. The maximum absolute atomic E-state index is 9.28. The van der Waals surface area contributed by atoms with E-state index in [9.17, 15) is 10.2 Å². The van der Waals surface area contributed by atoms with Crippen molar-refractivity contribution in [2.45, 2.75) is 70.3 Å². The highest BCUT2D eigenvalue weighted by atomic mass is 16.3. The van der Waals surface area contributed by atoms with Gasteiger partial charge in [-0.15, -0.1) is 0 Å². The molecule has 0 aromatic heterocycles. The predicted octanol–water partition coefficient (Wildman–Crippen LogP) is 3.20. The van der Waals surface area contributed by atoms with E-state index in [1.54, 1.807) is 0 Å². The van der Waals surface area contributed by atoms with E-state index in [-0.39, 0.29) is 37.0 Å². The SMILES string of the molecule is [2H]c1c([2H])c(CCC(N)(CO)CO)c([2H])c([2H])c1CCCCCCCC. The molecule has 4 N–H and O–H groups in total. The lowest BCUT2D eigenvalue weighted by atomic mass is 9.93. The first-order valence-electron chi connectivity index (χ1n) is 10.4. The first-order valence-corrected chi connectivity index (χ1v) is 8.40. The van der Waals surface area contributed by atoms with Crippen LogP contribution in [0.4, 0.5) is 0 Å². The highest BCUT2D eigenvalue weighted by Crippen LogP contribution is 2.14. The number of unbranched alkanes of at least 4 members (excludes halogenated alkanes) is 5. The Morgan fingerprint density at radius 2 is 1.41 bits per heavy atom. The Bertz CT molecular complexity index is 548. The zero-order chi connectivity index (χ0) is 19.7. The molecule has 0 spiro atoms. The fourth-order valence-corrected chi connectivity index (χ4v) is 2.28. The predicted molar refractivity (Wildman–Crippen MR) is 92.9 cm³/mol. The summed E-state index contributed by atoms with van der Waals surface area (Å²) in [7, 11) is 0. The molecule has 0 fully saturated rings. The number of aliphatic hydroxyl groups excluding tert-OH is 2. The van der Waals surface area contributed by atoms with Crippen LogP contribution in [-0.4, -0.2) is 29.0 Å². The van der Waals surface area contributed by atoms with Gasteiger partial charge in [0.2, 0.25) is 0 Å². The maximum atomic E-state index is 9.28. The number of aliphatic hydroxyl groups is 2. The molecule has 0 saturated carbocycles. The highest BCUT2D eigenvalue weighted by Gasteiger charge is 2.22. The van der Waals surface area contributed by atoms with Gasteiger partial charge >= 0.3 is 0 Å². The second-order valence-electron chi connectivity index (χ2n) is 6.15. The lowest BCUT2D eigenvalue weighted by Gasteiger charge is -2.24. The molecule has 0 radical (unpaired) electrons. The van der Waals surface area contributed by atoms with E-state index in [4.69, 9.17) is 11.2 Å². The Balaban J connectivity index is 2.85. The summed E-state index contributed by atoms with van der Waals surface area (Å²) in [6.45, 7) is 1.37. The molecule has 126 valence electrons. The van der Waals surface area contributed by atoms with Crippen LogP contribution in [0, 0.1) is 0 Å². The minimum absolute atomic E-state index is 0.0187. The van der Waals surface area contributed by atoms with Gasteiger partial charge in [0, 0.05) is 0 Å². The summed E-state index contributed by atoms with van der Waals surface area (Å²) in [6.07, 6.45) is 7.56. The van der Waals surface area contributed by atoms with Gasteiger partial charge in [-0.25, -0.2) is 0 Å². The van der Waals surface area contributed by atoms with Crippen LogP contribution in [0.2, 0.25) is 0 Å². The van der Waals surface area contributed by atoms with Crippen LogP contribution in [0.1, 0.15) is 68.5 Å². The lowest BCUT2D eigenvalue weighted by molar-refractivity contribution is 0.115. The van der Waals surface area contributed by atoms with Gasteiger partial charge in [0.25, 0.3) is 0 Å². The van der Waals surface area contributed by atoms with Crippen LogP contribution < -0.4 is 5.73 Å². The van der Waals surface area contributed by atoms with Gasteiger partial charge in [0.1, 0.15) is 0 Å². The van der Waals surface area contributed by atoms with Crippen molar-refractivity contribution in [3.8, 4) is 0 Å². The van der Waals surface area contributed by atoms with E-state index in [1.165, 1.54) is 19.3 Å². The summed E-state index contributed by atoms with van der Waals surface area (Å²) in [5, 5.41) is 18.6. The highest BCUT2D eigenvalue weighted by molar-refractivity contribution is 5.23. The van der Waals surface area contributed by atoms with Crippen LogP contribution in [-0.2, 0) is 12.8 Å². The summed E-state index contributed by atoms with van der Waals surface area (Å²) >= 11 is 0. The summed E-state index contributed by atoms with van der Waals surface area (Å²) in [5.74, 6) is 0. The monoisotopic (exact) mass is 311 g/mol. The Kier molecular flexibility index (Phi) is 6.62. The third kappa shape index (κ3) is 7.39. The number of hydrogen-bond acceptors (Lipinski definition) is 3. The van der Waals surface area contributed by atoms with E-state index in [1.807, 2.05) is 0 Å². The number of benzene rings is 1. The lowest BCUT2D eigenvalue weighted by Crippen LogP contribution is -2.47. The second-order valence-corrected chi connectivity index (χ2v) is 6.15. The topological polar surface area (TPSA) is 66.5 Å². The molecule has 0 saturated heterocycles.